The van der Waals surface area contributed by atoms with Crippen LogP contribution in [-0.4, -0.2) is 48.2 Å². The second-order valence-corrected chi connectivity index (χ2v) is 4.50. The minimum absolute atomic E-state index is 0.377. The van der Waals surface area contributed by atoms with E-state index in [1.54, 1.807) is 12.1 Å². The maximum absolute atomic E-state index is 9.04. The van der Waals surface area contributed by atoms with Gasteiger partial charge in [-0.2, -0.15) is 0 Å². The predicted octanol–water partition coefficient (Wildman–Crippen LogP) is -0.667. The van der Waals surface area contributed by atoms with Crippen molar-refractivity contribution in [3.05, 3.63) is 29.8 Å². The number of rotatable bonds is 3. The van der Waals surface area contributed by atoms with Gasteiger partial charge in [0.2, 0.25) is 0 Å². The summed E-state index contributed by atoms with van der Waals surface area (Å²) in [5.41, 5.74) is 1.76. The molecular formula is C12H19BN2O2. The summed E-state index contributed by atoms with van der Waals surface area (Å²) in [6, 6.07) is 7.88. The molecule has 1 unspecified atom stereocenters. The minimum Gasteiger partial charge on any atom is -0.423 e. The highest BCUT2D eigenvalue weighted by Gasteiger charge is 2.18. The molecule has 2 rings (SSSR count). The van der Waals surface area contributed by atoms with Gasteiger partial charge in [-0.25, -0.2) is 0 Å². The number of hydrogen-bond acceptors (Lipinski definition) is 4. The van der Waals surface area contributed by atoms with Gasteiger partial charge >= 0.3 is 7.12 Å². The SMILES string of the molecule is CC(c1ccc(B(O)O)cc1)N1CCNCC1. The summed E-state index contributed by atoms with van der Waals surface area (Å²) < 4.78 is 0. The van der Waals surface area contributed by atoms with E-state index in [-0.39, 0.29) is 0 Å². The highest BCUT2D eigenvalue weighted by Crippen LogP contribution is 2.19. The number of hydrogen-bond donors (Lipinski definition) is 3. The third-order valence-electron chi connectivity index (χ3n) is 3.42. The highest BCUT2D eigenvalue weighted by atomic mass is 16.4. The van der Waals surface area contributed by atoms with E-state index >= 15 is 0 Å². The van der Waals surface area contributed by atoms with Crippen molar-refractivity contribution in [3.63, 3.8) is 0 Å². The molecule has 0 amide bonds. The van der Waals surface area contributed by atoms with Crippen molar-refractivity contribution in [2.24, 2.45) is 0 Å². The molecule has 1 fully saturated rings. The van der Waals surface area contributed by atoms with Gasteiger partial charge in [-0.05, 0) is 17.9 Å². The van der Waals surface area contributed by atoms with Crippen LogP contribution in [0.2, 0.25) is 0 Å². The molecule has 0 radical (unpaired) electrons. The average molecular weight is 234 g/mol. The standard InChI is InChI=1S/C12H19BN2O2/c1-10(15-8-6-14-7-9-15)11-2-4-12(5-3-11)13(16)17/h2-5,10,14,16-17H,6-9H2,1H3. The van der Waals surface area contributed by atoms with Crippen molar-refractivity contribution in [2.75, 3.05) is 26.2 Å². The predicted molar refractivity (Wildman–Crippen MR) is 69.1 cm³/mol. The first-order valence-corrected chi connectivity index (χ1v) is 6.09. The van der Waals surface area contributed by atoms with Crippen molar-refractivity contribution < 1.29 is 10.0 Å². The molecule has 0 spiro atoms. The smallest absolute Gasteiger partial charge is 0.423 e. The van der Waals surface area contributed by atoms with Gasteiger partial charge in [0.05, 0.1) is 0 Å². The minimum atomic E-state index is -1.38. The molecule has 0 aromatic heterocycles. The fourth-order valence-corrected chi connectivity index (χ4v) is 2.23. The lowest BCUT2D eigenvalue weighted by molar-refractivity contribution is 0.185. The molecule has 3 N–H and O–H groups in total. The molecule has 5 heteroatoms. The first-order valence-electron chi connectivity index (χ1n) is 6.09. The zero-order valence-electron chi connectivity index (χ0n) is 10.1. The van der Waals surface area contributed by atoms with Crippen LogP contribution in [0.3, 0.4) is 0 Å². The first kappa shape index (κ1) is 12.6. The fourth-order valence-electron chi connectivity index (χ4n) is 2.23. The average Bonchev–Trinajstić information content (AvgIpc) is 2.39. The maximum Gasteiger partial charge on any atom is 0.488 e. The summed E-state index contributed by atoms with van der Waals surface area (Å²) in [6.07, 6.45) is 0. The third-order valence-corrected chi connectivity index (χ3v) is 3.42. The summed E-state index contributed by atoms with van der Waals surface area (Å²) >= 11 is 0. The highest BCUT2D eigenvalue weighted by molar-refractivity contribution is 6.58. The topological polar surface area (TPSA) is 55.7 Å². The molecule has 1 aromatic carbocycles. The number of nitrogens with one attached hydrogen (secondary N) is 1. The van der Waals surface area contributed by atoms with Gasteiger partial charge in [0, 0.05) is 32.2 Å². The van der Waals surface area contributed by atoms with Crippen LogP contribution in [0, 0.1) is 0 Å². The van der Waals surface area contributed by atoms with E-state index < -0.39 is 7.12 Å². The van der Waals surface area contributed by atoms with E-state index in [2.05, 4.69) is 17.1 Å². The molecule has 1 aliphatic rings. The first-order chi connectivity index (χ1) is 8.18. The normalized spacial score (nSPS) is 19.0. The lowest BCUT2D eigenvalue weighted by Crippen LogP contribution is -2.44. The van der Waals surface area contributed by atoms with Gasteiger partial charge < -0.3 is 15.4 Å². The van der Waals surface area contributed by atoms with Crippen LogP contribution in [0.1, 0.15) is 18.5 Å². The Morgan fingerprint density at radius 1 is 1.18 bits per heavy atom. The molecule has 1 saturated heterocycles. The number of nitrogens with zero attached hydrogens (tertiary/aromatic N) is 1. The van der Waals surface area contributed by atoms with E-state index in [0.717, 1.165) is 26.2 Å². The van der Waals surface area contributed by atoms with Crippen LogP contribution in [0.25, 0.3) is 0 Å². The molecule has 0 bridgehead atoms. The Hall–Kier alpha value is -0.875. The third kappa shape index (κ3) is 3.07. The molecule has 1 heterocycles. The molecule has 17 heavy (non-hydrogen) atoms. The van der Waals surface area contributed by atoms with Gasteiger partial charge in [-0.1, -0.05) is 24.3 Å². The van der Waals surface area contributed by atoms with Gasteiger partial charge in [-0.15, -0.1) is 0 Å². The Kier molecular flexibility index (Phi) is 4.18. The van der Waals surface area contributed by atoms with Crippen LogP contribution >= 0.6 is 0 Å². The van der Waals surface area contributed by atoms with Crippen molar-refractivity contribution in [3.8, 4) is 0 Å². The zero-order valence-corrected chi connectivity index (χ0v) is 10.1. The van der Waals surface area contributed by atoms with Gasteiger partial charge in [-0.3, -0.25) is 4.90 Å². The maximum atomic E-state index is 9.04. The van der Waals surface area contributed by atoms with E-state index in [1.807, 2.05) is 12.1 Å². The van der Waals surface area contributed by atoms with Gasteiger partial charge in [0.15, 0.2) is 0 Å². The van der Waals surface area contributed by atoms with Crippen molar-refractivity contribution in [2.45, 2.75) is 13.0 Å². The van der Waals surface area contributed by atoms with E-state index in [4.69, 9.17) is 10.0 Å². The molecule has 1 aromatic rings. The Morgan fingerprint density at radius 3 is 2.29 bits per heavy atom. The largest absolute Gasteiger partial charge is 0.488 e. The molecule has 1 aliphatic heterocycles. The zero-order chi connectivity index (χ0) is 12.3. The van der Waals surface area contributed by atoms with Gasteiger partial charge in [0.25, 0.3) is 0 Å². The van der Waals surface area contributed by atoms with Crippen LogP contribution in [0.4, 0.5) is 0 Å². The second kappa shape index (κ2) is 5.64. The van der Waals surface area contributed by atoms with Crippen molar-refractivity contribution in [1.29, 1.82) is 0 Å². The Balaban J connectivity index is 2.05. The summed E-state index contributed by atoms with van der Waals surface area (Å²) in [5, 5.41) is 21.4. The van der Waals surface area contributed by atoms with E-state index in [0.29, 0.717) is 11.5 Å². The van der Waals surface area contributed by atoms with Crippen LogP contribution in [0.15, 0.2) is 24.3 Å². The Bertz CT molecular complexity index is 350. The lowest BCUT2D eigenvalue weighted by Gasteiger charge is -2.33. The fraction of sp³-hybridized carbons (Fsp3) is 0.500. The number of piperazine rings is 1. The molecule has 0 saturated carbocycles. The Labute approximate surface area is 102 Å². The quantitative estimate of drug-likeness (QED) is 0.607. The van der Waals surface area contributed by atoms with E-state index in [9.17, 15) is 0 Å². The van der Waals surface area contributed by atoms with Crippen molar-refractivity contribution >= 4 is 12.6 Å². The number of benzene rings is 1. The summed E-state index contributed by atoms with van der Waals surface area (Å²) in [4.78, 5) is 2.43. The molecule has 0 aliphatic carbocycles. The molecule has 1 atom stereocenters. The van der Waals surface area contributed by atoms with Gasteiger partial charge in [0.1, 0.15) is 0 Å². The van der Waals surface area contributed by atoms with Crippen LogP contribution in [-0.2, 0) is 0 Å². The van der Waals surface area contributed by atoms with Crippen molar-refractivity contribution in [1.82, 2.24) is 10.2 Å². The molecular weight excluding hydrogens is 215 g/mol. The molecule has 92 valence electrons. The summed E-state index contributed by atoms with van der Waals surface area (Å²) in [5.74, 6) is 0. The monoisotopic (exact) mass is 234 g/mol. The van der Waals surface area contributed by atoms with Crippen LogP contribution < -0.4 is 10.8 Å². The second-order valence-electron chi connectivity index (χ2n) is 4.50. The Morgan fingerprint density at radius 2 is 1.76 bits per heavy atom. The summed E-state index contributed by atoms with van der Waals surface area (Å²) in [7, 11) is -1.38. The summed E-state index contributed by atoms with van der Waals surface area (Å²) in [6.45, 7) is 6.39. The van der Waals surface area contributed by atoms with Crippen LogP contribution in [0.5, 0.6) is 0 Å². The lowest BCUT2D eigenvalue weighted by atomic mass is 9.80. The van der Waals surface area contributed by atoms with E-state index in [1.165, 1.54) is 5.56 Å². The molecule has 4 nitrogen and oxygen atoms in total.